The van der Waals surface area contributed by atoms with Crippen LogP contribution in [-0.4, -0.2) is 9.71 Å². The van der Waals surface area contributed by atoms with Gasteiger partial charge in [0.1, 0.15) is 4.33 Å². The predicted octanol–water partition coefficient (Wildman–Crippen LogP) is 2.81. The highest BCUT2D eigenvalue weighted by Gasteiger charge is 2.69. The van der Waals surface area contributed by atoms with Gasteiger partial charge in [-0.05, 0) is 0 Å². The normalized spacial score (nSPS) is 39.4. The highest BCUT2D eigenvalue weighted by atomic mass is 35.5. The zero-order valence-corrected chi connectivity index (χ0v) is 6.98. The average Bonchev–Trinajstić information content (AvgIpc) is 1.88. The lowest BCUT2D eigenvalue weighted by atomic mass is 10.2. The maximum atomic E-state index is 5.72. The number of alkyl halides is 3. The molecule has 8 heavy (non-hydrogen) atoms. The quantitative estimate of drug-likeness (QED) is 0.494. The van der Waals surface area contributed by atoms with Crippen LogP contribution >= 0.6 is 34.8 Å². The molecule has 0 radical (unpaired) electrons. The molecule has 48 valence electrons. The van der Waals surface area contributed by atoms with Crippen molar-refractivity contribution in [3.63, 3.8) is 0 Å². The first kappa shape index (κ1) is 6.98. The van der Waals surface area contributed by atoms with E-state index in [2.05, 4.69) is 0 Å². The Morgan fingerprint density at radius 3 is 1.38 bits per heavy atom. The van der Waals surface area contributed by atoms with Crippen LogP contribution in [0.5, 0.6) is 0 Å². The molecule has 0 N–H and O–H groups in total. The van der Waals surface area contributed by atoms with E-state index in [9.17, 15) is 0 Å². The predicted molar refractivity (Wildman–Crippen MR) is 37.9 cm³/mol. The smallest absolute Gasteiger partial charge is 0.119 e. The Morgan fingerprint density at radius 2 is 1.38 bits per heavy atom. The minimum atomic E-state index is -0.686. The Labute approximate surface area is 64.1 Å². The fourth-order valence-electron chi connectivity index (χ4n) is 0.599. The van der Waals surface area contributed by atoms with Crippen LogP contribution in [-0.2, 0) is 0 Å². The lowest BCUT2D eigenvalue weighted by Crippen LogP contribution is -1.96. The summed E-state index contributed by atoms with van der Waals surface area (Å²) in [6.45, 7) is 3.90. The van der Waals surface area contributed by atoms with Crippen molar-refractivity contribution in [3.8, 4) is 0 Å². The summed E-state index contributed by atoms with van der Waals surface area (Å²) in [4.78, 5) is 0. The van der Waals surface area contributed by atoms with Gasteiger partial charge in [-0.3, -0.25) is 0 Å². The van der Waals surface area contributed by atoms with Crippen molar-refractivity contribution in [2.75, 3.05) is 0 Å². The topological polar surface area (TPSA) is 0 Å². The van der Waals surface area contributed by atoms with Crippen molar-refractivity contribution in [1.82, 2.24) is 0 Å². The van der Waals surface area contributed by atoms with E-state index < -0.39 is 4.33 Å². The third kappa shape index (κ3) is 0.600. The van der Waals surface area contributed by atoms with Gasteiger partial charge < -0.3 is 0 Å². The molecule has 1 aliphatic carbocycles. The summed E-state index contributed by atoms with van der Waals surface area (Å²) in [6, 6.07) is 0. The Kier molecular flexibility index (Phi) is 1.29. The van der Waals surface area contributed by atoms with Gasteiger partial charge in [0, 0.05) is 5.41 Å². The lowest BCUT2D eigenvalue weighted by molar-refractivity contribution is 0.643. The molecule has 0 amide bonds. The zero-order chi connectivity index (χ0) is 6.58. The van der Waals surface area contributed by atoms with E-state index in [0.717, 1.165) is 0 Å². The Balaban J connectivity index is 2.72. The molecule has 0 heterocycles. The van der Waals surface area contributed by atoms with Gasteiger partial charge in [-0.1, -0.05) is 37.0 Å². The first-order chi connectivity index (χ1) is 3.40. The van der Waals surface area contributed by atoms with Gasteiger partial charge in [0.25, 0.3) is 0 Å². The monoisotopic (exact) mass is 172 g/mol. The minimum absolute atomic E-state index is 0.0849. The van der Waals surface area contributed by atoms with Crippen molar-refractivity contribution in [2.45, 2.75) is 23.6 Å². The van der Waals surface area contributed by atoms with Gasteiger partial charge in [0.15, 0.2) is 0 Å². The summed E-state index contributed by atoms with van der Waals surface area (Å²) in [5.74, 6) is 0. The molecule has 0 bridgehead atoms. The Bertz CT molecular complexity index is 103. The van der Waals surface area contributed by atoms with Crippen molar-refractivity contribution in [1.29, 1.82) is 0 Å². The molecule has 0 aliphatic heterocycles. The van der Waals surface area contributed by atoms with Gasteiger partial charge in [0.05, 0.1) is 5.38 Å². The SMILES string of the molecule is CC1(C)[C@@H](Cl)C1(Cl)Cl. The molecule has 0 spiro atoms. The highest BCUT2D eigenvalue weighted by Crippen LogP contribution is 2.66. The fraction of sp³-hybridized carbons (Fsp3) is 1.00. The number of hydrogen-bond donors (Lipinski definition) is 0. The van der Waals surface area contributed by atoms with Gasteiger partial charge >= 0.3 is 0 Å². The van der Waals surface area contributed by atoms with Crippen LogP contribution in [0, 0.1) is 5.41 Å². The lowest BCUT2D eigenvalue weighted by Gasteiger charge is -1.98. The van der Waals surface area contributed by atoms with Gasteiger partial charge in [-0.25, -0.2) is 0 Å². The molecule has 0 aromatic heterocycles. The van der Waals surface area contributed by atoms with Crippen molar-refractivity contribution in [3.05, 3.63) is 0 Å². The van der Waals surface area contributed by atoms with E-state index in [0.29, 0.717) is 0 Å². The zero-order valence-electron chi connectivity index (χ0n) is 4.71. The second kappa shape index (κ2) is 1.47. The van der Waals surface area contributed by atoms with E-state index in [1.54, 1.807) is 0 Å². The first-order valence-electron chi connectivity index (χ1n) is 2.42. The van der Waals surface area contributed by atoms with Crippen molar-refractivity contribution >= 4 is 34.8 Å². The molecule has 1 saturated carbocycles. The summed E-state index contributed by atoms with van der Waals surface area (Å²) in [5, 5.41) is -0.0849. The largest absolute Gasteiger partial charge is 0.141 e. The molecule has 1 aliphatic rings. The third-order valence-electron chi connectivity index (χ3n) is 1.73. The highest BCUT2D eigenvalue weighted by molar-refractivity contribution is 6.57. The van der Waals surface area contributed by atoms with E-state index in [4.69, 9.17) is 34.8 Å². The molecular formula is C5H7Cl3. The molecule has 1 atom stereocenters. The van der Waals surface area contributed by atoms with Crippen LogP contribution in [0.2, 0.25) is 0 Å². The first-order valence-corrected chi connectivity index (χ1v) is 3.62. The maximum absolute atomic E-state index is 5.72. The summed E-state index contributed by atoms with van der Waals surface area (Å²) in [5.41, 5.74) is -0.0995. The fourth-order valence-corrected chi connectivity index (χ4v) is 1.76. The van der Waals surface area contributed by atoms with E-state index >= 15 is 0 Å². The Morgan fingerprint density at radius 1 is 1.25 bits per heavy atom. The van der Waals surface area contributed by atoms with Crippen LogP contribution in [0.1, 0.15) is 13.8 Å². The molecule has 1 rings (SSSR count). The van der Waals surface area contributed by atoms with Crippen LogP contribution in [0.25, 0.3) is 0 Å². The van der Waals surface area contributed by atoms with Crippen LogP contribution in [0.15, 0.2) is 0 Å². The van der Waals surface area contributed by atoms with E-state index in [-0.39, 0.29) is 10.8 Å². The van der Waals surface area contributed by atoms with Crippen LogP contribution in [0.4, 0.5) is 0 Å². The number of rotatable bonds is 0. The van der Waals surface area contributed by atoms with E-state index in [1.165, 1.54) is 0 Å². The summed E-state index contributed by atoms with van der Waals surface area (Å²) >= 11 is 17.1. The number of halogens is 3. The van der Waals surface area contributed by atoms with Crippen molar-refractivity contribution < 1.29 is 0 Å². The molecule has 0 unspecified atom stereocenters. The molecule has 0 aromatic rings. The number of hydrogen-bond acceptors (Lipinski definition) is 0. The van der Waals surface area contributed by atoms with Crippen LogP contribution < -0.4 is 0 Å². The van der Waals surface area contributed by atoms with Gasteiger partial charge in [-0.15, -0.1) is 11.6 Å². The second-order valence-corrected chi connectivity index (χ2v) is 4.53. The van der Waals surface area contributed by atoms with Crippen molar-refractivity contribution in [2.24, 2.45) is 5.41 Å². The second-order valence-electron chi connectivity index (χ2n) is 2.71. The molecule has 0 aromatic carbocycles. The summed E-state index contributed by atoms with van der Waals surface area (Å²) < 4.78 is -0.686. The minimum Gasteiger partial charge on any atom is -0.119 e. The molecule has 3 heteroatoms. The summed E-state index contributed by atoms with van der Waals surface area (Å²) in [6.07, 6.45) is 0. The average molecular weight is 173 g/mol. The Hall–Kier alpha value is 0.870. The van der Waals surface area contributed by atoms with Gasteiger partial charge in [0.2, 0.25) is 0 Å². The molecule has 0 nitrogen and oxygen atoms in total. The van der Waals surface area contributed by atoms with E-state index in [1.807, 2.05) is 13.8 Å². The summed E-state index contributed by atoms with van der Waals surface area (Å²) in [7, 11) is 0. The standard InChI is InChI=1S/C5H7Cl3/c1-4(2)3(6)5(4,7)8/h3H,1-2H3/t3-/m1/s1. The third-order valence-corrected chi connectivity index (χ3v) is 4.23. The van der Waals surface area contributed by atoms with Crippen LogP contribution in [0.3, 0.4) is 0 Å². The maximum Gasteiger partial charge on any atom is 0.141 e. The molecule has 0 saturated heterocycles. The molecule has 1 fully saturated rings. The molecular weight excluding hydrogens is 166 g/mol. The van der Waals surface area contributed by atoms with Gasteiger partial charge in [-0.2, -0.15) is 0 Å².